The summed E-state index contributed by atoms with van der Waals surface area (Å²) in [7, 11) is 0. The molecular formula is C14H26N2O4. The van der Waals surface area contributed by atoms with Gasteiger partial charge in [-0.1, -0.05) is 13.3 Å². The molecular weight excluding hydrogens is 260 g/mol. The summed E-state index contributed by atoms with van der Waals surface area (Å²) < 4.78 is 0. The lowest BCUT2D eigenvalue weighted by Gasteiger charge is -2.38. The number of aliphatic carboxylic acids is 1. The number of rotatable bonds is 8. The first-order valence-electron chi connectivity index (χ1n) is 7.32. The van der Waals surface area contributed by atoms with E-state index in [1.165, 1.54) is 0 Å². The molecule has 1 aliphatic rings. The molecule has 1 fully saturated rings. The molecule has 1 amide bonds. The second kappa shape index (κ2) is 7.59. The van der Waals surface area contributed by atoms with E-state index in [1.807, 2.05) is 4.90 Å². The maximum atomic E-state index is 11.1. The van der Waals surface area contributed by atoms with Gasteiger partial charge in [0.2, 0.25) is 5.91 Å². The Bertz CT molecular complexity index is 338. The first kappa shape index (κ1) is 16.9. The van der Waals surface area contributed by atoms with Crippen molar-refractivity contribution in [1.29, 1.82) is 0 Å². The number of aliphatic hydroxyl groups is 1. The van der Waals surface area contributed by atoms with Crippen LogP contribution in [0.1, 0.15) is 45.4 Å². The summed E-state index contributed by atoms with van der Waals surface area (Å²) in [5.74, 6) is -1.54. The highest BCUT2D eigenvalue weighted by atomic mass is 16.4. The van der Waals surface area contributed by atoms with Crippen LogP contribution in [0.4, 0.5) is 0 Å². The minimum atomic E-state index is -0.894. The molecule has 0 aromatic rings. The molecule has 0 heterocycles. The number of nitrogens with zero attached hydrogens (tertiary/aromatic N) is 1. The van der Waals surface area contributed by atoms with Crippen LogP contribution in [0.15, 0.2) is 0 Å². The van der Waals surface area contributed by atoms with Gasteiger partial charge >= 0.3 is 5.97 Å². The van der Waals surface area contributed by atoms with Gasteiger partial charge in [-0.05, 0) is 38.6 Å². The molecule has 1 rings (SSSR count). The third-order valence-corrected chi connectivity index (χ3v) is 3.99. The van der Waals surface area contributed by atoms with Gasteiger partial charge in [-0.25, -0.2) is 0 Å². The van der Waals surface area contributed by atoms with E-state index in [9.17, 15) is 14.7 Å². The van der Waals surface area contributed by atoms with Gasteiger partial charge < -0.3 is 15.9 Å². The van der Waals surface area contributed by atoms with Crippen LogP contribution in [0.25, 0.3) is 0 Å². The SMILES string of the molecule is CCCCN(CC(N)=O)CC1(O)CCC(C(=O)O)CC1. The predicted molar refractivity (Wildman–Crippen MR) is 75.1 cm³/mol. The van der Waals surface area contributed by atoms with E-state index in [-0.39, 0.29) is 12.5 Å². The van der Waals surface area contributed by atoms with Gasteiger partial charge in [0.25, 0.3) is 0 Å². The van der Waals surface area contributed by atoms with E-state index in [2.05, 4.69) is 6.92 Å². The van der Waals surface area contributed by atoms with Crippen molar-refractivity contribution in [2.24, 2.45) is 11.7 Å². The lowest BCUT2D eigenvalue weighted by Crippen LogP contribution is -2.48. The molecule has 20 heavy (non-hydrogen) atoms. The molecule has 0 saturated heterocycles. The van der Waals surface area contributed by atoms with E-state index >= 15 is 0 Å². The van der Waals surface area contributed by atoms with Crippen molar-refractivity contribution >= 4 is 11.9 Å². The van der Waals surface area contributed by atoms with Gasteiger partial charge in [0.1, 0.15) is 0 Å². The van der Waals surface area contributed by atoms with Crippen LogP contribution in [-0.2, 0) is 9.59 Å². The quantitative estimate of drug-likeness (QED) is 0.605. The van der Waals surface area contributed by atoms with Crippen LogP contribution in [0, 0.1) is 5.92 Å². The summed E-state index contributed by atoms with van der Waals surface area (Å²) in [6, 6.07) is 0. The van der Waals surface area contributed by atoms with Crippen LogP contribution in [-0.4, -0.2) is 52.2 Å². The van der Waals surface area contributed by atoms with Crippen LogP contribution < -0.4 is 5.73 Å². The number of hydrogen-bond donors (Lipinski definition) is 3. The van der Waals surface area contributed by atoms with Gasteiger partial charge in [-0.15, -0.1) is 0 Å². The van der Waals surface area contributed by atoms with Crippen molar-refractivity contribution in [2.75, 3.05) is 19.6 Å². The molecule has 0 bridgehead atoms. The molecule has 0 aliphatic heterocycles. The number of carbonyl (C=O) groups excluding carboxylic acids is 1. The topological polar surface area (TPSA) is 104 Å². The number of amides is 1. The molecule has 1 saturated carbocycles. The van der Waals surface area contributed by atoms with E-state index in [0.717, 1.165) is 19.4 Å². The normalized spacial score (nSPS) is 26.6. The van der Waals surface area contributed by atoms with Crippen LogP contribution in [0.3, 0.4) is 0 Å². The second-order valence-corrected chi connectivity index (χ2v) is 5.87. The highest BCUT2D eigenvalue weighted by Gasteiger charge is 2.37. The monoisotopic (exact) mass is 286 g/mol. The summed E-state index contributed by atoms with van der Waals surface area (Å²) in [5, 5.41) is 19.5. The summed E-state index contributed by atoms with van der Waals surface area (Å²) in [6.45, 7) is 3.33. The lowest BCUT2D eigenvalue weighted by atomic mass is 9.78. The second-order valence-electron chi connectivity index (χ2n) is 5.87. The van der Waals surface area contributed by atoms with Crippen molar-refractivity contribution in [1.82, 2.24) is 4.90 Å². The molecule has 0 atom stereocenters. The Hall–Kier alpha value is -1.14. The number of carboxylic acid groups (broad SMARTS) is 1. The van der Waals surface area contributed by atoms with E-state index in [0.29, 0.717) is 32.2 Å². The van der Waals surface area contributed by atoms with Gasteiger partial charge in [0.05, 0.1) is 18.1 Å². The van der Waals surface area contributed by atoms with Crippen molar-refractivity contribution in [3.05, 3.63) is 0 Å². The third kappa shape index (κ3) is 5.46. The predicted octanol–water partition coefficient (Wildman–Crippen LogP) is 0.580. The number of nitrogens with two attached hydrogens (primary N) is 1. The average Bonchev–Trinajstić information content (AvgIpc) is 2.35. The smallest absolute Gasteiger partial charge is 0.306 e. The number of primary amides is 1. The van der Waals surface area contributed by atoms with Crippen molar-refractivity contribution < 1.29 is 19.8 Å². The van der Waals surface area contributed by atoms with Gasteiger partial charge in [0, 0.05) is 6.54 Å². The standard InChI is InChI=1S/C14H26N2O4/c1-2-3-8-16(9-12(15)17)10-14(20)6-4-11(5-7-14)13(18)19/h11,20H,2-10H2,1H3,(H2,15,17)(H,18,19). The van der Waals surface area contributed by atoms with E-state index in [1.54, 1.807) is 0 Å². The van der Waals surface area contributed by atoms with Gasteiger partial charge in [-0.3, -0.25) is 14.5 Å². The summed E-state index contributed by atoms with van der Waals surface area (Å²) >= 11 is 0. The highest BCUT2D eigenvalue weighted by Crippen LogP contribution is 2.32. The number of carbonyl (C=O) groups is 2. The van der Waals surface area contributed by atoms with Gasteiger partial charge in [0.15, 0.2) is 0 Å². The minimum Gasteiger partial charge on any atom is -0.481 e. The molecule has 1 aliphatic carbocycles. The van der Waals surface area contributed by atoms with Crippen molar-refractivity contribution in [3.63, 3.8) is 0 Å². The molecule has 116 valence electrons. The summed E-state index contributed by atoms with van der Waals surface area (Å²) in [6.07, 6.45) is 3.86. The fourth-order valence-corrected chi connectivity index (χ4v) is 2.79. The Morgan fingerprint density at radius 2 is 1.95 bits per heavy atom. The maximum Gasteiger partial charge on any atom is 0.306 e. The van der Waals surface area contributed by atoms with E-state index < -0.39 is 17.5 Å². The first-order valence-corrected chi connectivity index (χ1v) is 7.32. The fraction of sp³-hybridized carbons (Fsp3) is 0.857. The zero-order chi connectivity index (χ0) is 15.2. The fourth-order valence-electron chi connectivity index (χ4n) is 2.79. The van der Waals surface area contributed by atoms with Crippen LogP contribution in [0.5, 0.6) is 0 Å². The zero-order valence-electron chi connectivity index (χ0n) is 12.2. The first-order chi connectivity index (χ1) is 9.36. The molecule has 6 nitrogen and oxygen atoms in total. The maximum absolute atomic E-state index is 11.1. The Morgan fingerprint density at radius 3 is 2.40 bits per heavy atom. The Labute approximate surface area is 119 Å². The van der Waals surface area contributed by atoms with Crippen LogP contribution >= 0.6 is 0 Å². The Morgan fingerprint density at radius 1 is 1.35 bits per heavy atom. The lowest BCUT2D eigenvalue weighted by molar-refractivity contribution is -0.145. The van der Waals surface area contributed by atoms with Crippen molar-refractivity contribution in [3.8, 4) is 0 Å². The molecule has 0 radical (unpaired) electrons. The average molecular weight is 286 g/mol. The number of unbranched alkanes of at least 4 members (excludes halogenated alkanes) is 1. The molecule has 0 aromatic heterocycles. The number of hydrogen-bond acceptors (Lipinski definition) is 4. The summed E-state index contributed by atoms with van der Waals surface area (Å²) in [5.41, 5.74) is 4.34. The molecule has 0 spiro atoms. The van der Waals surface area contributed by atoms with Crippen molar-refractivity contribution in [2.45, 2.75) is 51.0 Å². The minimum absolute atomic E-state index is 0.144. The van der Waals surface area contributed by atoms with Gasteiger partial charge in [-0.2, -0.15) is 0 Å². The third-order valence-electron chi connectivity index (χ3n) is 3.99. The van der Waals surface area contributed by atoms with Crippen LogP contribution in [0.2, 0.25) is 0 Å². The largest absolute Gasteiger partial charge is 0.481 e. The Kier molecular flexibility index (Phi) is 6.42. The molecule has 6 heteroatoms. The Balaban J connectivity index is 2.53. The summed E-state index contributed by atoms with van der Waals surface area (Å²) in [4.78, 5) is 23.9. The molecule has 0 aromatic carbocycles. The molecule has 0 unspecified atom stereocenters. The van der Waals surface area contributed by atoms with E-state index in [4.69, 9.17) is 10.8 Å². The number of carboxylic acids is 1. The molecule has 4 N–H and O–H groups in total. The zero-order valence-corrected chi connectivity index (χ0v) is 12.2. The highest BCUT2D eigenvalue weighted by molar-refractivity contribution is 5.75.